The van der Waals surface area contributed by atoms with Crippen molar-refractivity contribution >= 4 is 12.4 Å². The summed E-state index contributed by atoms with van der Waals surface area (Å²) >= 11 is 0. The number of nitrogens with zero attached hydrogens (tertiary/aromatic N) is 1. The van der Waals surface area contributed by atoms with Crippen LogP contribution < -0.4 is 10.1 Å². The number of para-hydroxylation sites is 1. The standard InChI is InChI=1S/C14H19F3N2O.ClH/c1-20-14-10(3-2-4-11(14)15)12(9-13(16)17)19-7-5-18-6-8-19;/h2-4,12-13,18H,5-9H2,1H3;1H/t12-;/m0./s1. The molecule has 0 bridgehead atoms. The summed E-state index contributed by atoms with van der Waals surface area (Å²) in [5, 5.41) is 3.18. The van der Waals surface area contributed by atoms with Crippen molar-refractivity contribution in [2.75, 3.05) is 33.3 Å². The van der Waals surface area contributed by atoms with Crippen LogP contribution in [0.2, 0.25) is 0 Å². The highest BCUT2D eigenvalue weighted by Crippen LogP contribution is 2.35. The number of hydrogen-bond acceptors (Lipinski definition) is 3. The number of halogens is 4. The summed E-state index contributed by atoms with van der Waals surface area (Å²) in [7, 11) is 1.36. The molecule has 21 heavy (non-hydrogen) atoms. The van der Waals surface area contributed by atoms with E-state index in [4.69, 9.17) is 4.74 Å². The molecule has 2 rings (SSSR count). The van der Waals surface area contributed by atoms with E-state index in [1.54, 1.807) is 6.07 Å². The number of methoxy groups -OCH3 is 1. The molecule has 3 nitrogen and oxygen atoms in total. The summed E-state index contributed by atoms with van der Waals surface area (Å²) in [6, 6.07) is 3.95. The second-order valence-corrected chi connectivity index (χ2v) is 4.79. The lowest BCUT2D eigenvalue weighted by molar-refractivity contribution is 0.0727. The van der Waals surface area contributed by atoms with Crippen molar-refractivity contribution in [1.29, 1.82) is 0 Å². The van der Waals surface area contributed by atoms with Crippen molar-refractivity contribution in [3.8, 4) is 5.75 Å². The van der Waals surface area contributed by atoms with Crippen LogP contribution in [-0.4, -0.2) is 44.6 Å². The summed E-state index contributed by atoms with van der Waals surface area (Å²) in [6.45, 7) is 2.82. The average molecular weight is 325 g/mol. The first-order valence-electron chi connectivity index (χ1n) is 6.68. The predicted molar refractivity (Wildman–Crippen MR) is 78.0 cm³/mol. The van der Waals surface area contributed by atoms with Crippen LogP contribution >= 0.6 is 12.4 Å². The van der Waals surface area contributed by atoms with E-state index in [0.717, 1.165) is 13.1 Å². The minimum absolute atomic E-state index is 0. The highest BCUT2D eigenvalue weighted by molar-refractivity contribution is 5.85. The van der Waals surface area contributed by atoms with E-state index >= 15 is 0 Å². The molecule has 1 heterocycles. The van der Waals surface area contributed by atoms with E-state index in [9.17, 15) is 13.2 Å². The van der Waals surface area contributed by atoms with E-state index in [0.29, 0.717) is 18.7 Å². The smallest absolute Gasteiger partial charge is 0.240 e. The molecule has 1 aliphatic heterocycles. The van der Waals surface area contributed by atoms with Gasteiger partial charge in [0.05, 0.1) is 7.11 Å². The Balaban J connectivity index is 0.00000220. The molecule has 1 fully saturated rings. The molecular weight excluding hydrogens is 305 g/mol. The third-order valence-corrected chi connectivity index (χ3v) is 3.55. The lowest BCUT2D eigenvalue weighted by atomic mass is 10.00. The monoisotopic (exact) mass is 324 g/mol. The Hall–Kier alpha value is -0.980. The van der Waals surface area contributed by atoms with Crippen LogP contribution in [0.3, 0.4) is 0 Å². The van der Waals surface area contributed by atoms with Gasteiger partial charge in [0, 0.05) is 44.2 Å². The van der Waals surface area contributed by atoms with Crippen LogP contribution in [0, 0.1) is 5.82 Å². The summed E-state index contributed by atoms with van der Waals surface area (Å²) in [4.78, 5) is 1.96. The Labute approximate surface area is 128 Å². The predicted octanol–water partition coefficient (Wildman–Crippen LogP) is 2.86. The highest BCUT2D eigenvalue weighted by atomic mass is 35.5. The molecule has 1 N–H and O–H groups in total. The minimum Gasteiger partial charge on any atom is -0.493 e. The quantitative estimate of drug-likeness (QED) is 0.901. The maximum Gasteiger partial charge on any atom is 0.240 e. The molecule has 0 aromatic heterocycles. The van der Waals surface area contributed by atoms with Gasteiger partial charge in [-0.2, -0.15) is 0 Å². The first-order valence-corrected chi connectivity index (χ1v) is 6.68. The zero-order valence-corrected chi connectivity index (χ0v) is 12.6. The molecule has 0 radical (unpaired) electrons. The van der Waals surface area contributed by atoms with Gasteiger partial charge in [0.2, 0.25) is 6.43 Å². The van der Waals surface area contributed by atoms with Crippen molar-refractivity contribution in [3.63, 3.8) is 0 Å². The van der Waals surface area contributed by atoms with Crippen LogP contribution in [0.5, 0.6) is 5.75 Å². The lowest BCUT2D eigenvalue weighted by Gasteiger charge is -2.35. The van der Waals surface area contributed by atoms with Gasteiger partial charge in [-0.25, -0.2) is 13.2 Å². The van der Waals surface area contributed by atoms with Gasteiger partial charge in [-0.1, -0.05) is 12.1 Å². The normalized spacial score (nSPS) is 17.4. The third kappa shape index (κ3) is 4.49. The second-order valence-electron chi connectivity index (χ2n) is 4.79. The lowest BCUT2D eigenvalue weighted by Crippen LogP contribution is -2.45. The SMILES string of the molecule is COc1c(F)cccc1[C@H](CC(F)F)N1CCNCC1.Cl. The first kappa shape index (κ1) is 18.1. The number of nitrogens with one attached hydrogen (secondary N) is 1. The average Bonchev–Trinajstić information content (AvgIpc) is 2.45. The fraction of sp³-hybridized carbons (Fsp3) is 0.571. The maximum atomic E-state index is 13.8. The van der Waals surface area contributed by atoms with Gasteiger partial charge in [-0.05, 0) is 6.07 Å². The van der Waals surface area contributed by atoms with Crippen molar-refractivity contribution in [2.24, 2.45) is 0 Å². The molecule has 1 aliphatic rings. The molecule has 0 spiro atoms. The second kappa shape index (κ2) is 8.46. The van der Waals surface area contributed by atoms with Gasteiger partial charge in [-0.3, -0.25) is 4.90 Å². The molecular formula is C14H20ClF3N2O. The van der Waals surface area contributed by atoms with E-state index in [1.165, 1.54) is 19.2 Å². The van der Waals surface area contributed by atoms with Crippen molar-refractivity contribution in [2.45, 2.75) is 18.9 Å². The zero-order chi connectivity index (χ0) is 14.5. The number of piperazine rings is 1. The van der Waals surface area contributed by atoms with Gasteiger partial charge in [0.25, 0.3) is 0 Å². The van der Waals surface area contributed by atoms with Crippen LogP contribution in [0.15, 0.2) is 18.2 Å². The van der Waals surface area contributed by atoms with Crippen molar-refractivity contribution < 1.29 is 17.9 Å². The van der Waals surface area contributed by atoms with Crippen molar-refractivity contribution in [1.82, 2.24) is 10.2 Å². The number of ether oxygens (including phenoxy) is 1. The number of alkyl halides is 2. The highest BCUT2D eigenvalue weighted by Gasteiger charge is 2.28. The molecule has 1 saturated heterocycles. The summed E-state index contributed by atoms with van der Waals surface area (Å²) in [5.74, 6) is -0.448. The fourth-order valence-electron chi connectivity index (χ4n) is 2.64. The minimum atomic E-state index is -2.44. The van der Waals surface area contributed by atoms with E-state index in [2.05, 4.69) is 5.32 Å². The Kier molecular flexibility index (Phi) is 7.28. The van der Waals surface area contributed by atoms with Gasteiger partial charge in [0.15, 0.2) is 11.6 Å². The van der Waals surface area contributed by atoms with Crippen LogP contribution in [0.4, 0.5) is 13.2 Å². The molecule has 0 aliphatic carbocycles. The first-order chi connectivity index (χ1) is 9.63. The van der Waals surface area contributed by atoms with Gasteiger partial charge in [-0.15, -0.1) is 12.4 Å². The number of rotatable bonds is 5. The van der Waals surface area contributed by atoms with Gasteiger partial charge in [0.1, 0.15) is 0 Å². The van der Waals surface area contributed by atoms with E-state index < -0.39 is 18.3 Å². The molecule has 0 unspecified atom stereocenters. The van der Waals surface area contributed by atoms with Crippen LogP contribution in [0.25, 0.3) is 0 Å². The summed E-state index contributed by atoms with van der Waals surface area (Å²) in [6.07, 6.45) is -2.76. The third-order valence-electron chi connectivity index (χ3n) is 3.55. The van der Waals surface area contributed by atoms with Gasteiger partial charge >= 0.3 is 0 Å². The molecule has 1 atom stereocenters. The Morgan fingerprint density at radius 2 is 1.95 bits per heavy atom. The summed E-state index contributed by atoms with van der Waals surface area (Å²) < 4.78 is 44.6. The van der Waals surface area contributed by atoms with E-state index in [1.807, 2.05) is 4.90 Å². The molecule has 1 aromatic rings. The van der Waals surface area contributed by atoms with Gasteiger partial charge < -0.3 is 10.1 Å². The topological polar surface area (TPSA) is 24.5 Å². The largest absolute Gasteiger partial charge is 0.493 e. The molecule has 0 saturated carbocycles. The molecule has 0 amide bonds. The van der Waals surface area contributed by atoms with Crippen molar-refractivity contribution in [3.05, 3.63) is 29.6 Å². The van der Waals surface area contributed by atoms with Crippen LogP contribution in [-0.2, 0) is 0 Å². The Bertz CT molecular complexity index is 442. The fourth-order valence-corrected chi connectivity index (χ4v) is 2.64. The maximum absolute atomic E-state index is 13.8. The Morgan fingerprint density at radius 3 is 2.52 bits per heavy atom. The molecule has 120 valence electrons. The molecule has 1 aromatic carbocycles. The zero-order valence-electron chi connectivity index (χ0n) is 11.8. The summed E-state index contributed by atoms with van der Waals surface area (Å²) in [5.41, 5.74) is 0.495. The Morgan fingerprint density at radius 1 is 1.29 bits per heavy atom. The van der Waals surface area contributed by atoms with E-state index in [-0.39, 0.29) is 24.6 Å². The molecule has 7 heteroatoms. The number of benzene rings is 1. The van der Waals surface area contributed by atoms with Crippen LogP contribution in [0.1, 0.15) is 18.0 Å². The number of hydrogen-bond donors (Lipinski definition) is 1.